The standard InChI is InChI=1S/C18H29N3/c1-15-7-6-8-16(13-15)14-17(20-19)18(9-2-3-10-18)21-11-4-5-12-21/h6-8,13,17,20H,2-5,9-12,14,19H2,1H3. The second-order valence-corrected chi connectivity index (χ2v) is 6.92. The summed E-state index contributed by atoms with van der Waals surface area (Å²) in [6.07, 6.45) is 9.04. The van der Waals surface area contributed by atoms with Gasteiger partial charge in [-0.15, -0.1) is 0 Å². The van der Waals surface area contributed by atoms with E-state index in [1.165, 1.54) is 62.7 Å². The van der Waals surface area contributed by atoms with E-state index in [1.54, 1.807) is 0 Å². The van der Waals surface area contributed by atoms with Crippen LogP contribution in [0.4, 0.5) is 0 Å². The van der Waals surface area contributed by atoms with E-state index >= 15 is 0 Å². The van der Waals surface area contributed by atoms with Crippen molar-refractivity contribution in [1.29, 1.82) is 0 Å². The van der Waals surface area contributed by atoms with Crippen molar-refractivity contribution in [2.24, 2.45) is 5.84 Å². The summed E-state index contributed by atoms with van der Waals surface area (Å²) in [5, 5.41) is 0. The molecule has 2 fully saturated rings. The Morgan fingerprint density at radius 2 is 1.90 bits per heavy atom. The van der Waals surface area contributed by atoms with Crippen molar-refractivity contribution < 1.29 is 0 Å². The van der Waals surface area contributed by atoms with Crippen molar-refractivity contribution in [3.05, 3.63) is 35.4 Å². The minimum Gasteiger partial charge on any atom is -0.296 e. The number of benzene rings is 1. The number of rotatable bonds is 5. The summed E-state index contributed by atoms with van der Waals surface area (Å²) in [6.45, 7) is 4.68. The van der Waals surface area contributed by atoms with Crippen LogP contribution in [-0.2, 0) is 6.42 Å². The molecule has 1 aliphatic heterocycles. The molecule has 0 bridgehead atoms. The maximum Gasteiger partial charge on any atom is 0.0435 e. The van der Waals surface area contributed by atoms with E-state index in [-0.39, 0.29) is 5.54 Å². The number of hydrogen-bond acceptors (Lipinski definition) is 3. The van der Waals surface area contributed by atoms with Gasteiger partial charge in [0.2, 0.25) is 0 Å². The molecular weight excluding hydrogens is 258 g/mol. The van der Waals surface area contributed by atoms with Crippen LogP contribution in [0.2, 0.25) is 0 Å². The zero-order valence-electron chi connectivity index (χ0n) is 13.3. The third-order valence-corrected chi connectivity index (χ3v) is 5.58. The molecule has 0 aromatic heterocycles. The Balaban J connectivity index is 1.82. The lowest BCUT2D eigenvalue weighted by molar-refractivity contribution is 0.0766. The Labute approximate surface area is 128 Å². The molecule has 3 nitrogen and oxygen atoms in total. The zero-order valence-corrected chi connectivity index (χ0v) is 13.3. The highest BCUT2D eigenvalue weighted by molar-refractivity contribution is 5.24. The molecule has 0 amide bonds. The molecule has 1 aliphatic carbocycles. The van der Waals surface area contributed by atoms with Gasteiger partial charge in [-0.1, -0.05) is 42.7 Å². The first-order chi connectivity index (χ1) is 10.2. The van der Waals surface area contributed by atoms with E-state index in [0.29, 0.717) is 6.04 Å². The van der Waals surface area contributed by atoms with E-state index in [0.717, 1.165) is 6.42 Å². The van der Waals surface area contributed by atoms with Gasteiger partial charge in [0.05, 0.1) is 0 Å². The third kappa shape index (κ3) is 3.01. The molecule has 0 radical (unpaired) electrons. The van der Waals surface area contributed by atoms with Gasteiger partial charge in [-0.2, -0.15) is 0 Å². The van der Waals surface area contributed by atoms with Gasteiger partial charge in [-0.05, 0) is 57.7 Å². The van der Waals surface area contributed by atoms with Crippen LogP contribution < -0.4 is 11.3 Å². The molecule has 3 N–H and O–H groups in total. The maximum absolute atomic E-state index is 6.01. The Bertz CT molecular complexity index is 459. The van der Waals surface area contributed by atoms with Crippen LogP contribution in [0.25, 0.3) is 0 Å². The molecule has 116 valence electrons. The molecule has 1 unspecified atom stereocenters. The lowest BCUT2D eigenvalue weighted by Crippen LogP contribution is -2.61. The van der Waals surface area contributed by atoms with Crippen molar-refractivity contribution in [3.8, 4) is 0 Å². The summed E-state index contributed by atoms with van der Waals surface area (Å²) < 4.78 is 0. The van der Waals surface area contributed by atoms with Crippen LogP contribution in [0.15, 0.2) is 24.3 Å². The summed E-state index contributed by atoms with van der Waals surface area (Å²) in [5.74, 6) is 6.01. The number of aryl methyl sites for hydroxylation is 1. The molecule has 1 saturated carbocycles. The number of nitrogens with one attached hydrogen (secondary N) is 1. The Kier molecular flexibility index (Phi) is 4.63. The van der Waals surface area contributed by atoms with Gasteiger partial charge in [0.25, 0.3) is 0 Å². The second kappa shape index (κ2) is 6.47. The number of nitrogens with zero attached hydrogens (tertiary/aromatic N) is 1. The number of nitrogens with two attached hydrogens (primary N) is 1. The molecule has 1 aromatic rings. The molecular formula is C18H29N3. The summed E-state index contributed by atoms with van der Waals surface area (Å²) in [7, 11) is 0. The summed E-state index contributed by atoms with van der Waals surface area (Å²) >= 11 is 0. The Morgan fingerprint density at radius 1 is 1.19 bits per heavy atom. The third-order valence-electron chi connectivity index (χ3n) is 5.58. The average molecular weight is 287 g/mol. The minimum atomic E-state index is 0.287. The number of likely N-dealkylation sites (tertiary alicyclic amines) is 1. The van der Waals surface area contributed by atoms with Gasteiger partial charge in [-0.25, -0.2) is 0 Å². The van der Waals surface area contributed by atoms with E-state index < -0.39 is 0 Å². The van der Waals surface area contributed by atoms with E-state index in [4.69, 9.17) is 5.84 Å². The zero-order chi connectivity index (χ0) is 14.7. The molecule has 1 heterocycles. The van der Waals surface area contributed by atoms with Crippen molar-refractivity contribution in [1.82, 2.24) is 10.3 Å². The molecule has 1 atom stereocenters. The fourth-order valence-electron chi connectivity index (χ4n) is 4.51. The van der Waals surface area contributed by atoms with Crippen LogP contribution >= 0.6 is 0 Å². The van der Waals surface area contributed by atoms with Crippen LogP contribution in [0.1, 0.15) is 49.7 Å². The lowest BCUT2D eigenvalue weighted by Gasteiger charge is -2.45. The van der Waals surface area contributed by atoms with E-state index in [9.17, 15) is 0 Å². The average Bonchev–Trinajstić information content (AvgIpc) is 3.16. The maximum atomic E-state index is 6.01. The molecule has 1 aromatic carbocycles. The monoisotopic (exact) mass is 287 g/mol. The highest BCUT2D eigenvalue weighted by atomic mass is 15.3. The SMILES string of the molecule is Cc1cccc(CC(NN)C2(N3CCCC3)CCCC2)c1. The molecule has 3 heteroatoms. The number of hydrogen-bond donors (Lipinski definition) is 2. The van der Waals surface area contributed by atoms with Gasteiger partial charge in [0.1, 0.15) is 0 Å². The first-order valence-electron chi connectivity index (χ1n) is 8.51. The van der Waals surface area contributed by atoms with Crippen molar-refractivity contribution >= 4 is 0 Å². The molecule has 3 rings (SSSR count). The molecule has 2 aliphatic rings. The van der Waals surface area contributed by atoms with Crippen molar-refractivity contribution in [3.63, 3.8) is 0 Å². The topological polar surface area (TPSA) is 41.3 Å². The predicted molar refractivity (Wildman–Crippen MR) is 88.0 cm³/mol. The number of hydrazine groups is 1. The fourth-order valence-corrected chi connectivity index (χ4v) is 4.51. The Morgan fingerprint density at radius 3 is 2.52 bits per heavy atom. The van der Waals surface area contributed by atoms with Crippen molar-refractivity contribution in [2.75, 3.05) is 13.1 Å². The summed E-state index contributed by atoms with van der Waals surface area (Å²) in [4.78, 5) is 2.74. The quantitative estimate of drug-likeness (QED) is 0.646. The van der Waals surface area contributed by atoms with Crippen molar-refractivity contribution in [2.45, 2.75) is 63.5 Å². The molecule has 0 spiro atoms. The van der Waals surface area contributed by atoms with E-state index in [2.05, 4.69) is 41.5 Å². The van der Waals surface area contributed by atoms with Gasteiger partial charge in [-0.3, -0.25) is 16.2 Å². The van der Waals surface area contributed by atoms with Crippen LogP contribution in [0, 0.1) is 6.92 Å². The molecule has 1 saturated heterocycles. The summed E-state index contributed by atoms with van der Waals surface area (Å²) in [6, 6.07) is 9.23. The van der Waals surface area contributed by atoms with E-state index in [1.807, 2.05) is 0 Å². The molecule has 21 heavy (non-hydrogen) atoms. The first-order valence-corrected chi connectivity index (χ1v) is 8.51. The fraction of sp³-hybridized carbons (Fsp3) is 0.667. The highest BCUT2D eigenvalue weighted by Crippen LogP contribution is 2.40. The second-order valence-electron chi connectivity index (χ2n) is 6.92. The van der Waals surface area contributed by atoms with Crippen LogP contribution in [0.5, 0.6) is 0 Å². The van der Waals surface area contributed by atoms with Gasteiger partial charge in [0.15, 0.2) is 0 Å². The van der Waals surface area contributed by atoms with Gasteiger partial charge < -0.3 is 0 Å². The highest BCUT2D eigenvalue weighted by Gasteiger charge is 2.46. The lowest BCUT2D eigenvalue weighted by atomic mass is 9.83. The van der Waals surface area contributed by atoms with Crippen LogP contribution in [-0.4, -0.2) is 29.6 Å². The predicted octanol–water partition coefficient (Wildman–Crippen LogP) is 2.78. The van der Waals surface area contributed by atoms with Gasteiger partial charge >= 0.3 is 0 Å². The largest absolute Gasteiger partial charge is 0.296 e. The summed E-state index contributed by atoms with van der Waals surface area (Å²) in [5.41, 5.74) is 6.22. The van der Waals surface area contributed by atoms with Crippen LogP contribution in [0.3, 0.4) is 0 Å². The smallest absolute Gasteiger partial charge is 0.0435 e. The first kappa shape index (κ1) is 15.0. The minimum absolute atomic E-state index is 0.287. The normalized spacial score (nSPS) is 23.5. The Hall–Kier alpha value is -0.900. The van der Waals surface area contributed by atoms with Gasteiger partial charge in [0, 0.05) is 11.6 Å².